The third kappa shape index (κ3) is 8.22. The maximum absolute atomic E-state index is 12.7. The van der Waals surface area contributed by atoms with Crippen LogP contribution in [0, 0.1) is 16.0 Å². The first-order valence-electron chi connectivity index (χ1n) is 11.7. The number of benzene rings is 2. The summed E-state index contributed by atoms with van der Waals surface area (Å²) in [6.45, 7) is 14.1. The van der Waals surface area contributed by atoms with E-state index in [1.54, 1.807) is 0 Å². The lowest BCUT2D eigenvalue weighted by Gasteiger charge is -2.36. The largest absolute Gasteiger partial charge is 0.454 e. The van der Waals surface area contributed by atoms with E-state index in [0.29, 0.717) is 12.3 Å². The van der Waals surface area contributed by atoms with Gasteiger partial charge in [-0.25, -0.2) is 4.79 Å². The fourth-order valence-electron chi connectivity index (χ4n) is 3.08. The molecule has 184 valence electrons. The molecular formula is C27H37NO5Si. The van der Waals surface area contributed by atoms with Crippen LogP contribution in [0.25, 0.3) is 0 Å². The van der Waals surface area contributed by atoms with Gasteiger partial charge >= 0.3 is 5.97 Å². The van der Waals surface area contributed by atoms with Gasteiger partial charge in [0.2, 0.25) is 0 Å². The van der Waals surface area contributed by atoms with Gasteiger partial charge in [-0.2, -0.15) is 0 Å². The second kappa shape index (κ2) is 12.1. The number of hydrogen-bond acceptors (Lipinski definition) is 5. The first kappa shape index (κ1) is 27.5. The average Bonchev–Trinajstić information content (AvgIpc) is 2.78. The zero-order chi connectivity index (χ0) is 25.4. The number of carbonyl (C=O) groups is 1. The summed E-state index contributed by atoms with van der Waals surface area (Å²) in [7, 11) is -1.74. The monoisotopic (exact) mass is 483 g/mol. The van der Waals surface area contributed by atoms with Crippen LogP contribution < -0.4 is 0 Å². The number of nitro groups is 1. The van der Waals surface area contributed by atoms with Crippen molar-refractivity contribution in [3.05, 3.63) is 88.0 Å². The number of allylic oxidation sites excluding steroid dienone is 1. The molecule has 0 saturated heterocycles. The van der Waals surface area contributed by atoms with E-state index >= 15 is 0 Å². The predicted molar refractivity (Wildman–Crippen MR) is 138 cm³/mol. The summed E-state index contributed by atoms with van der Waals surface area (Å²) >= 11 is 0. The molecule has 2 atom stereocenters. The molecule has 0 aromatic heterocycles. The van der Waals surface area contributed by atoms with E-state index in [9.17, 15) is 14.9 Å². The number of nitrogens with zero attached hydrogens (tertiary/aromatic N) is 1. The molecule has 34 heavy (non-hydrogen) atoms. The maximum atomic E-state index is 12.7. The molecule has 0 amide bonds. The lowest BCUT2D eigenvalue weighted by molar-refractivity contribution is -0.384. The summed E-state index contributed by atoms with van der Waals surface area (Å²) < 4.78 is 12.1. The van der Waals surface area contributed by atoms with Crippen molar-refractivity contribution in [2.75, 3.05) is 6.61 Å². The molecule has 0 aliphatic rings. The Bertz CT molecular complexity index is 965. The molecule has 2 aromatic rings. The van der Waals surface area contributed by atoms with Crippen molar-refractivity contribution in [1.29, 1.82) is 0 Å². The van der Waals surface area contributed by atoms with Crippen LogP contribution in [0.4, 0.5) is 5.69 Å². The molecule has 0 fully saturated rings. The molecule has 0 saturated carbocycles. The lowest BCUT2D eigenvalue weighted by atomic mass is 10.0. The molecule has 0 unspecified atom stereocenters. The molecule has 2 rings (SSSR count). The summed E-state index contributed by atoms with van der Waals surface area (Å²) in [5, 5.41) is 11.0. The molecule has 0 heterocycles. The van der Waals surface area contributed by atoms with Crippen LogP contribution in [0.3, 0.4) is 0 Å². The second-order valence-corrected chi connectivity index (χ2v) is 15.0. The van der Waals surface area contributed by atoms with E-state index < -0.39 is 25.3 Å². The lowest BCUT2D eigenvalue weighted by Crippen LogP contribution is -2.41. The second-order valence-electron chi connectivity index (χ2n) is 10.1. The molecule has 0 N–H and O–H groups in total. The van der Waals surface area contributed by atoms with Crippen LogP contribution in [0.2, 0.25) is 18.1 Å². The summed E-state index contributed by atoms with van der Waals surface area (Å²) in [5.41, 5.74) is 1.12. The Labute approximate surface area is 204 Å². The van der Waals surface area contributed by atoms with Gasteiger partial charge in [-0.3, -0.25) is 10.1 Å². The molecule has 0 aliphatic carbocycles. The van der Waals surface area contributed by atoms with Crippen molar-refractivity contribution in [3.8, 4) is 0 Å². The minimum absolute atomic E-state index is 0.0642. The Kier molecular flexibility index (Phi) is 9.76. The van der Waals surface area contributed by atoms with Gasteiger partial charge in [0, 0.05) is 25.2 Å². The molecule has 0 spiro atoms. The van der Waals surface area contributed by atoms with Crippen LogP contribution in [0.15, 0.2) is 66.7 Å². The molecule has 0 aliphatic heterocycles. The fourth-order valence-corrected chi connectivity index (χ4v) is 4.14. The van der Waals surface area contributed by atoms with Gasteiger partial charge in [-0.1, -0.05) is 70.2 Å². The van der Waals surface area contributed by atoms with Crippen LogP contribution in [-0.2, 0) is 9.16 Å². The van der Waals surface area contributed by atoms with Gasteiger partial charge in [-0.05, 0) is 48.2 Å². The summed E-state index contributed by atoms with van der Waals surface area (Å²) in [5.74, 6) is -0.167. The van der Waals surface area contributed by atoms with E-state index in [0.717, 1.165) is 18.6 Å². The van der Waals surface area contributed by atoms with E-state index in [2.05, 4.69) is 52.9 Å². The average molecular weight is 484 g/mol. The normalized spacial score (nSPS) is 14.1. The van der Waals surface area contributed by atoms with Gasteiger partial charge in [-0.15, -0.1) is 0 Å². The molecule has 7 heteroatoms. The van der Waals surface area contributed by atoms with Crippen molar-refractivity contribution in [1.82, 2.24) is 0 Å². The number of esters is 1. The Morgan fingerprint density at radius 3 is 2.26 bits per heavy atom. The van der Waals surface area contributed by atoms with Crippen LogP contribution in [0.5, 0.6) is 0 Å². The van der Waals surface area contributed by atoms with Gasteiger partial charge in [0.25, 0.3) is 5.69 Å². The van der Waals surface area contributed by atoms with Gasteiger partial charge in [0.15, 0.2) is 8.32 Å². The Morgan fingerprint density at radius 1 is 1.09 bits per heavy atom. The number of carbonyl (C=O) groups excluding carboxylic acids is 1. The highest BCUT2D eigenvalue weighted by atomic mass is 28.4. The Morgan fingerprint density at radius 2 is 1.71 bits per heavy atom. The minimum Gasteiger partial charge on any atom is -0.454 e. The molecule has 2 aromatic carbocycles. The van der Waals surface area contributed by atoms with Crippen LogP contribution >= 0.6 is 0 Å². The fraction of sp³-hybridized carbons (Fsp3) is 0.444. The van der Waals surface area contributed by atoms with Crippen molar-refractivity contribution >= 4 is 20.0 Å². The Hall–Kier alpha value is -2.77. The number of rotatable bonds is 11. The smallest absolute Gasteiger partial charge is 0.338 e. The third-order valence-corrected chi connectivity index (χ3v) is 10.9. The van der Waals surface area contributed by atoms with Gasteiger partial charge < -0.3 is 9.16 Å². The summed E-state index contributed by atoms with van der Waals surface area (Å²) in [6, 6.07) is 15.0. The van der Waals surface area contributed by atoms with Crippen molar-refractivity contribution < 1.29 is 18.9 Å². The number of nitro benzene ring substituents is 1. The first-order chi connectivity index (χ1) is 15.9. The van der Waals surface area contributed by atoms with Crippen LogP contribution in [-0.4, -0.2) is 25.8 Å². The quantitative estimate of drug-likeness (QED) is 0.109. The van der Waals surface area contributed by atoms with Crippen molar-refractivity contribution in [3.63, 3.8) is 0 Å². The van der Waals surface area contributed by atoms with E-state index in [1.165, 1.54) is 24.3 Å². The summed E-state index contributed by atoms with van der Waals surface area (Å²) in [6.07, 6.45) is 5.22. The van der Waals surface area contributed by atoms with Crippen LogP contribution in [0.1, 0.15) is 62.6 Å². The molecule has 6 nitrogen and oxygen atoms in total. The van der Waals surface area contributed by atoms with Gasteiger partial charge in [0.05, 0.1) is 10.5 Å². The molecule has 0 radical (unpaired) electrons. The topological polar surface area (TPSA) is 78.7 Å². The highest BCUT2D eigenvalue weighted by Crippen LogP contribution is 2.36. The first-order valence-corrected chi connectivity index (χ1v) is 14.6. The zero-order valence-electron chi connectivity index (χ0n) is 21.1. The zero-order valence-corrected chi connectivity index (χ0v) is 22.1. The standard InChI is InChI=1S/C27H37NO5Si/c1-21(19-20-32-34(5,6)27(2,3)4)11-10-14-25(22-12-8-7-9-13-22)33-26(29)23-15-17-24(18-16-23)28(30)31/h7-13,15-18,21,25H,14,19-20H2,1-6H3/b11-10-/t21-,25-/m0/s1. The van der Waals surface area contributed by atoms with Crippen molar-refractivity contribution in [2.24, 2.45) is 5.92 Å². The predicted octanol–water partition coefficient (Wildman–Crippen LogP) is 7.49. The maximum Gasteiger partial charge on any atom is 0.338 e. The number of ether oxygens (including phenoxy) is 1. The van der Waals surface area contributed by atoms with E-state index in [4.69, 9.17) is 9.16 Å². The highest BCUT2D eigenvalue weighted by Gasteiger charge is 2.36. The number of non-ortho nitro benzene ring substituents is 1. The summed E-state index contributed by atoms with van der Waals surface area (Å²) in [4.78, 5) is 23.1. The molecular weight excluding hydrogens is 446 g/mol. The van der Waals surface area contributed by atoms with E-state index in [-0.39, 0.29) is 16.3 Å². The van der Waals surface area contributed by atoms with E-state index in [1.807, 2.05) is 30.3 Å². The SMILES string of the molecule is C[C@@H](/C=C\C[C@H](OC(=O)c1ccc([N+](=O)[O-])cc1)c1ccccc1)CCO[Si](C)(C)C(C)(C)C. The van der Waals surface area contributed by atoms with Gasteiger partial charge in [0.1, 0.15) is 6.10 Å². The number of hydrogen-bond donors (Lipinski definition) is 0. The minimum atomic E-state index is -1.74. The van der Waals surface area contributed by atoms with Crippen molar-refractivity contribution in [2.45, 2.75) is 64.8 Å². The molecule has 0 bridgehead atoms. The highest BCUT2D eigenvalue weighted by molar-refractivity contribution is 6.74. The third-order valence-electron chi connectivity index (χ3n) is 6.39. The Balaban J connectivity index is 1.99.